The molecule has 1 N–H and O–H groups in total. The minimum Gasteiger partial charge on any atom is -0.381 e. The van der Waals surface area contributed by atoms with Crippen molar-refractivity contribution in [1.82, 2.24) is 19.7 Å². The van der Waals surface area contributed by atoms with Gasteiger partial charge in [0.2, 0.25) is 0 Å². The first-order valence-electron chi connectivity index (χ1n) is 6.57. The lowest BCUT2D eigenvalue weighted by atomic mass is 10.4. The third-order valence-corrected chi connectivity index (χ3v) is 3.15. The first-order valence-corrected chi connectivity index (χ1v) is 7.36. The van der Waals surface area contributed by atoms with Crippen molar-refractivity contribution < 1.29 is 4.74 Å². The van der Waals surface area contributed by atoms with Crippen molar-refractivity contribution in [1.29, 1.82) is 0 Å². The first-order chi connectivity index (χ1) is 9.31. The van der Waals surface area contributed by atoms with Crippen LogP contribution in [0.2, 0.25) is 0 Å². The lowest BCUT2D eigenvalue weighted by Gasteiger charge is -2.05. The average molecular weight is 327 g/mol. The molecule has 6 heteroatoms. The van der Waals surface area contributed by atoms with Crippen LogP contribution in [0.1, 0.15) is 25.5 Å². The summed E-state index contributed by atoms with van der Waals surface area (Å²) in [5, 5.41) is 3.40. The van der Waals surface area contributed by atoms with Crippen LogP contribution in [-0.4, -0.2) is 34.1 Å². The van der Waals surface area contributed by atoms with Gasteiger partial charge in [-0.05, 0) is 35.3 Å². The van der Waals surface area contributed by atoms with E-state index in [1.54, 1.807) is 6.20 Å². The van der Waals surface area contributed by atoms with Crippen molar-refractivity contribution in [2.24, 2.45) is 0 Å². The third-order valence-electron chi connectivity index (χ3n) is 2.74. The summed E-state index contributed by atoms with van der Waals surface area (Å²) in [6, 6.07) is 0. The SMILES string of the molecule is CCCOCCCNCc1cnc2cnc(Br)cn12. The largest absolute Gasteiger partial charge is 0.381 e. The van der Waals surface area contributed by atoms with E-state index < -0.39 is 0 Å². The van der Waals surface area contributed by atoms with Gasteiger partial charge in [0.15, 0.2) is 5.65 Å². The standard InChI is InChI=1S/C13H19BrN4O/c1-2-5-19-6-3-4-15-7-11-8-17-13-9-16-12(14)10-18(11)13/h8-10,15H,2-7H2,1H3. The molecule has 0 atom stereocenters. The number of hydrogen-bond acceptors (Lipinski definition) is 4. The summed E-state index contributed by atoms with van der Waals surface area (Å²) >= 11 is 3.37. The Morgan fingerprint density at radius 2 is 2.21 bits per heavy atom. The average Bonchev–Trinajstić information content (AvgIpc) is 2.80. The van der Waals surface area contributed by atoms with Gasteiger partial charge in [-0.15, -0.1) is 0 Å². The Balaban J connectivity index is 1.77. The molecule has 0 unspecified atom stereocenters. The van der Waals surface area contributed by atoms with Crippen molar-refractivity contribution in [2.75, 3.05) is 19.8 Å². The Labute approximate surface area is 121 Å². The molecule has 0 amide bonds. The predicted molar refractivity (Wildman–Crippen MR) is 78.1 cm³/mol. The molecule has 2 aromatic rings. The molecule has 0 radical (unpaired) electrons. The fourth-order valence-electron chi connectivity index (χ4n) is 1.81. The van der Waals surface area contributed by atoms with E-state index in [4.69, 9.17) is 4.74 Å². The van der Waals surface area contributed by atoms with Crippen molar-refractivity contribution in [2.45, 2.75) is 26.3 Å². The van der Waals surface area contributed by atoms with E-state index in [2.05, 4.69) is 38.1 Å². The van der Waals surface area contributed by atoms with Crippen LogP contribution in [0.3, 0.4) is 0 Å². The van der Waals surface area contributed by atoms with E-state index in [1.165, 1.54) is 0 Å². The zero-order chi connectivity index (χ0) is 13.5. The van der Waals surface area contributed by atoms with Crippen LogP contribution in [0.5, 0.6) is 0 Å². The highest BCUT2D eigenvalue weighted by Gasteiger charge is 2.03. The van der Waals surface area contributed by atoms with Crippen LogP contribution in [0, 0.1) is 0 Å². The number of fused-ring (bicyclic) bond motifs is 1. The van der Waals surface area contributed by atoms with Gasteiger partial charge in [-0.1, -0.05) is 6.92 Å². The summed E-state index contributed by atoms with van der Waals surface area (Å²) in [7, 11) is 0. The molecule has 0 bridgehead atoms. The van der Waals surface area contributed by atoms with Gasteiger partial charge < -0.3 is 10.1 Å². The lowest BCUT2D eigenvalue weighted by molar-refractivity contribution is 0.132. The molecular formula is C13H19BrN4O. The summed E-state index contributed by atoms with van der Waals surface area (Å²) in [6.45, 7) is 5.54. The molecule has 19 heavy (non-hydrogen) atoms. The number of halogens is 1. The topological polar surface area (TPSA) is 51.5 Å². The van der Waals surface area contributed by atoms with Gasteiger partial charge in [0.25, 0.3) is 0 Å². The number of hydrogen-bond donors (Lipinski definition) is 1. The van der Waals surface area contributed by atoms with Gasteiger partial charge in [-0.25, -0.2) is 9.97 Å². The van der Waals surface area contributed by atoms with Crippen molar-refractivity contribution in [3.8, 4) is 0 Å². The van der Waals surface area contributed by atoms with Crippen LogP contribution < -0.4 is 5.32 Å². The number of aromatic nitrogens is 3. The second-order valence-electron chi connectivity index (χ2n) is 4.33. The fourth-order valence-corrected chi connectivity index (χ4v) is 2.12. The second kappa shape index (κ2) is 7.57. The minimum atomic E-state index is 0.797. The highest BCUT2D eigenvalue weighted by molar-refractivity contribution is 9.10. The van der Waals surface area contributed by atoms with E-state index in [1.807, 2.05) is 16.8 Å². The molecule has 0 saturated heterocycles. The summed E-state index contributed by atoms with van der Waals surface area (Å²) < 4.78 is 8.29. The van der Waals surface area contributed by atoms with Gasteiger partial charge in [-0.2, -0.15) is 0 Å². The molecule has 2 rings (SSSR count). The molecule has 0 fully saturated rings. The Morgan fingerprint density at radius 1 is 1.32 bits per heavy atom. The normalized spacial score (nSPS) is 11.3. The zero-order valence-corrected chi connectivity index (χ0v) is 12.7. The molecule has 0 saturated carbocycles. The number of nitrogens with one attached hydrogen (secondary N) is 1. The van der Waals surface area contributed by atoms with Crippen LogP contribution in [0.15, 0.2) is 23.2 Å². The first kappa shape index (κ1) is 14.4. The number of imidazole rings is 1. The molecule has 104 valence electrons. The Kier molecular flexibility index (Phi) is 5.75. The van der Waals surface area contributed by atoms with E-state index in [-0.39, 0.29) is 0 Å². The van der Waals surface area contributed by atoms with Crippen LogP contribution in [0.25, 0.3) is 5.65 Å². The van der Waals surface area contributed by atoms with Crippen LogP contribution in [-0.2, 0) is 11.3 Å². The minimum absolute atomic E-state index is 0.797. The Morgan fingerprint density at radius 3 is 3.05 bits per heavy atom. The summed E-state index contributed by atoms with van der Waals surface area (Å²) in [6.07, 6.45) is 7.68. The van der Waals surface area contributed by atoms with Gasteiger partial charge in [-0.3, -0.25) is 4.40 Å². The van der Waals surface area contributed by atoms with Crippen molar-refractivity contribution in [3.63, 3.8) is 0 Å². The van der Waals surface area contributed by atoms with Gasteiger partial charge in [0.1, 0.15) is 4.60 Å². The van der Waals surface area contributed by atoms with Crippen LogP contribution in [0.4, 0.5) is 0 Å². The maximum Gasteiger partial charge on any atom is 0.155 e. The summed E-state index contributed by atoms with van der Waals surface area (Å²) in [5.74, 6) is 0. The monoisotopic (exact) mass is 326 g/mol. The molecule has 5 nitrogen and oxygen atoms in total. The molecule has 0 spiro atoms. The molecule has 2 heterocycles. The Bertz CT molecular complexity index is 514. The third kappa shape index (κ3) is 4.26. The zero-order valence-electron chi connectivity index (χ0n) is 11.1. The summed E-state index contributed by atoms with van der Waals surface area (Å²) in [5.41, 5.74) is 2.00. The van der Waals surface area contributed by atoms with E-state index >= 15 is 0 Å². The number of rotatable bonds is 8. The van der Waals surface area contributed by atoms with E-state index in [0.29, 0.717) is 0 Å². The highest BCUT2D eigenvalue weighted by Crippen LogP contribution is 2.10. The number of ether oxygens (including phenoxy) is 1. The quantitative estimate of drug-likeness (QED) is 0.757. The smallest absolute Gasteiger partial charge is 0.155 e. The molecule has 0 aliphatic carbocycles. The molecule has 0 aliphatic rings. The van der Waals surface area contributed by atoms with Gasteiger partial charge in [0.05, 0.1) is 18.1 Å². The predicted octanol–water partition coefficient (Wildman–Crippen LogP) is 2.40. The van der Waals surface area contributed by atoms with Crippen molar-refractivity contribution in [3.05, 3.63) is 28.9 Å². The molecule has 2 aromatic heterocycles. The number of nitrogens with zero attached hydrogens (tertiary/aromatic N) is 3. The molecule has 0 aromatic carbocycles. The maximum atomic E-state index is 5.43. The Hall–Kier alpha value is -0.980. The highest BCUT2D eigenvalue weighted by atomic mass is 79.9. The molecular weight excluding hydrogens is 308 g/mol. The van der Waals surface area contributed by atoms with Gasteiger partial charge >= 0.3 is 0 Å². The van der Waals surface area contributed by atoms with Crippen molar-refractivity contribution >= 4 is 21.6 Å². The lowest BCUT2D eigenvalue weighted by Crippen LogP contribution is -2.17. The molecule has 0 aliphatic heterocycles. The maximum absolute atomic E-state index is 5.43. The second-order valence-corrected chi connectivity index (χ2v) is 5.14. The fraction of sp³-hybridized carbons (Fsp3) is 0.538. The van der Waals surface area contributed by atoms with Gasteiger partial charge in [0, 0.05) is 26.0 Å². The van der Waals surface area contributed by atoms with Crippen LogP contribution >= 0.6 is 15.9 Å². The van der Waals surface area contributed by atoms with E-state index in [0.717, 1.165) is 55.1 Å². The summed E-state index contributed by atoms with van der Waals surface area (Å²) in [4.78, 5) is 8.47. The van der Waals surface area contributed by atoms with E-state index in [9.17, 15) is 0 Å².